The van der Waals surface area contributed by atoms with Gasteiger partial charge in [0, 0.05) is 0 Å². The van der Waals surface area contributed by atoms with Crippen LogP contribution in [-0.4, -0.2) is 4.98 Å². The molecule has 0 aromatic rings. The van der Waals surface area contributed by atoms with Gasteiger partial charge in [0.15, 0.2) is 0 Å². The Bertz CT molecular complexity index is 133. The smallest absolute Gasteiger partial charge is 0.0976 e. The third-order valence-electron chi connectivity index (χ3n) is 0.687. The molecular formula is C4H6N3O+. The SMILES string of the molecule is O=[N+]1NC=CC=CN1. The lowest BCUT2D eigenvalue weighted by Gasteiger charge is -1.80. The Hall–Kier alpha value is -1.32. The van der Waals surface area contributed by atoms with Crippen LogP contribution in [-0.2, 0) is 0 Å². The zero-order valence-electron chi connectivity index (χ0n) is 4.16. The van der Waals surface area contributed by atoms with Crippen LogP contribution < -0.4 is 10.9 Å². The number of hydrogen-bond donors (Lipinski definition) is 2. The Balaban J connectivity index is 2.58. The van der Waals surface area contributed by atoms with Crippen LogP contribution in [0.2, 0.25) is 0 Å². The van der Waals surface area contributed by atoms with Gasteiger partial charge < -0.3 is 0 Å². The highest BCUT2D eigenvalue weighted by Gasteiger charge is 1.98. The number of hydrazine groups is 2. The molecule has 0 spiro atoms. The van der Waals surface area contributed by atoms with Crippen molar-refractivity contribution in [2.24, 2.45) is 0 Å². The maximum atomic E-state index is 10.3. The Kier molecular flexibility index (Phi) is 1.27. The Morgan fingerprint density at radius 1 is 1.12 bits per heavy atom. The first-order valence-corrected chi connectivity index (χ1v) is 2.21. The van der Waals surface area contributed by atoms with E-state index >= 15 is 0 Å². The molecule has 1 aliphatic rings. The molecule has 0 fully saturated rings. The van der Waals surface area contributed by atoms with Gasteiger partial charge in [-0.15, -0.1) is 0 Å². The topological polar surface area (TPSA) is 44.1 Å². The van der Waals surface area contributed by atoms with E-state index in [0.29, 0.717) is 4.98 Å². The third-order valence-corrected chi connectivity index (χ3v) is 0.687. The zero-order valence-corrected chi connectivity index (χ0v) is 4.16. The molecule has 0 saturated carbocycles. The first-order valence-electron chi connectivity index (χ1n) is 2.21. The molecule has 0 saturated heterocycles. The molecule has 8 heavy (non-hydrogen) atoms. The van der Waals surface area contributed by atoms with Gasteiger partial charge in [-0.05, 0) is 12.2 Å². The molecule has 0 unspecified atom stereocenters. The number of allylic oxidation sites excluding steroid dienone is 2. The van der Waals surface area contributed by atoms with Crippen LogP contribution in [0.4, 0.5) is 0 Å². The normalized spacial score (nSPS) is 16.8. The first-order chi connectivity index (χ1) is 3.89. The van der Waals surface area contributed by atoms with Crippen LogP contribution in [0.3, 0.4) is 0 Å². The summed E-state index contributed by atoms with van der Waals surface area (Å²) in [6, 6.07) is 0. The molecular weight excluding hydrogens is 106 g/mol. The molecule has 0 amide bonds. The van der Waals surface area contributed by atoms with Crippen molar-refractivity contribution in [1.29, 1.82) is 0 Å². The van der Waals surface area contributed by atoms with Gasteiger partial charge in [-0.25, -0.2) is 0 Å². The average Bonchev–Trinajstić information content (AvgIpc) is 1.94. The summed E-state index contributed by atoms with van der Waals surface area (Å²) in [7, 11) is 0. The first kappa shape index (κ1) is 4.83. The van der Waals surface area contributed by atoms with Crippen LogP contribution in [0.5, 0.6) is 0 Å². The van der Waals surface area contributed by atoms with Gasteiger partial charge in [0.1, 0.15) is 0 Å². The second-order valence-corrected chi connectivity index (χ2v) is 1.27. The fourth-order valence-electron chi connectivity index (χ4n) is 0.370. The molecule has 2 N–H and O–H groups in total. The van der Waals surface area contributed by atoms with Crippen molar-refractivity contribution in [3.63, 3.8) is 0 Å². The van der Waals surface area contributed by atoms with Crippen molar-refractivity contribution in [2.75, 3.05) is 0 Å². The predicted molar refractivity (Wildman–Crippen MR) is 28.2 cm³/mol. The van der Waals surface area contributed by atoms with Gasteiger partial charge in [-0.1, -0.05) is 10.9 Å². The largest absolute Gasteiger partial charge is 0.254 e. The number of nitroso groups, excluding NO2 is 1. The number of nitrogens with one attached hydrogen (secondary N) is 2. The molecule has 0 aromatic heterocycles. The van der Waals surface area contributed by atoms with Crippen molar-refractivity contribution in [3.8, 4) is 0 Å². The maximum Gasteiger partial charge on any atom is 0.254 e. The summed E-state index contributed by atoms with van der Waals surface area (Å²) >= 11 is 0. The minimum atomic E-state index is 0.500. The lowest BCUT2D eigenvalue weighted by atomic mass is 10.6. The van der Waals surface area contributed by atoms with E-state index < -0.39 is 0 Å². The molecule has 0 bridgehead atoms. The van der Waals surface area contributed by atoms with Crippen LogP contribution in [0, 0.1) is 4.91 Å². The zero-order chi connectivity index (χ0) is 5.82. The number of nitrogens with zero attached hydrogens (tertiary/aromatic N) is 1. The van der Waals surface area contributed by atoms with Crippen LogP contribution in [0.15, 0.2) is 24.6 Å². The second kappa shape index (κ2) is 2.11. The summed E-state index contributed by atoms with van der Waals surface area (Å²) in [6.07, 6.45) is 6.49. The summed E-state index contributed by atoms with van der Waals surface area (Å²) in [4.78, 5) is 10.8. The van der Waals surface area contributed by atoms with Crippen molar-refractivity contribution < 1.29 is 4.98 Å². The highest BCUT2D eigenvalue weighted by molar-refractivity contribution is 4.99. The molecule has 4 heteroatoms. The summed E-state index contributed by atoms with van der Waals surface area (Å²) < 4.78 is 0. The summed E-state index contributed by atoms with van der Waals surface area (Å²) in [6.45, 7) is 0. The molecule has 0 radical (unpaired) electrons. The minimum absolute atomic E-state index is 0.500. The molecule has 1 rings (SSSR count). The molecule has 0 atom stereocenters. The fourth-order valence-corrected chi connectivity index (χ4v) is 0.370. The molecule has 42 valence electrons. The monoisotopic (exact) mass is 112 g/mol. The standard InChI is InChI=1S/C4H6N3O/c8-7-5-3-1-2-4-6-7/h1-4H,(H2,5,6,8)/q+1. The molecule has 0 aromatic carbocycles. The predicted octanol–water partition coefficient (Wildman–Crippen LogP) is -0.185. The van der Waals surface area contributed by atoms with Crippen molar-refractivity contribution in [1.82, 2.24) is 10.9 Å². The minimum Gasteiger partial charge on any atom is -0.0976 e. The molecule has 1 heterocycles. The average molecular weight is 112 g/mol. The van der Waals surface area contributed by atoms with E-state index in [1.807, 2.05) is 0 Å². The quantitative estimate of drug-likeness (QED) is 0.427. The maximum absolute atomic E-state index is 10.3. The van der Waals surface area contributed by atoms with Crippen LogP contribution in [0.1, 0.15) is 0 Å². The summed E-state index contributed by atoms with van der Waals surface area (Å²) in [5, 5.41) is 0. The summed E-state index contributed by atoms with van der Waals surface area (Å²) in [5.41, 5.74) is 4.74. The Morgan fingerprint density at radius 3 is 2.12 bits per heavy atom. The molecule has 0 aliphatic carbocycles. The van der Waals surface area contributed by atoms with Gasteiger partial charge in [-0.3, -0.25) is 0 Å². The van der Waals surface area contributed by atoms with E-state index in [1.165, 1.54) is 12.4 Å². The second-order valence-electron chi connectivity index (χ2n) is 1.27. The van der Waals surface area contributed by atoms with Gasteiger partial charge in [0.25, 0.3) is 4.98 Å². The van der Waals surface area contributed by atoms with Crippen LogP contribution >= 0.6 is 0 Å². The highest BCUT2D eigenvalue weighted by Crippen LogP contribution is 1.75. The van der Waals surface area contributed by atoms with Crippen molar-refractivity contribution >= 4 is 0 Å². The van der Waals surface area contributed by atoms with E-state index in [-0.39, 0.29) is 0 Å². The highest BCUT2D eigenvalue weighted by atomic mass is 16.4. The van der Waals surface area contributed by atoms with Crippen molar-refractivity contribution in [3.05, 3.63) is 29.5 Å². The lowest BCUT2D eigenvalue weighted by Crippen LogP contribution is -2.29. The summed E-state index contributed by atoms with van der Waals surface area (Å²) in [5.74, 6) is 0. The Morgan fingerprint density at radius 2 is 1.62 bits per heavy atom. The lowest BCUT2D eigenvalue weighted by molar-refractivity contribution is -0.642. The molecule has 1 aliphatic heterocycles. The third kappa shape index (κ3) is 1.07. The number of hydrogen-bond acceptors (Lipinski definition) is 1. The van der Waals surface area contributed by atoms with Gasteiger partial charge in [-0.2, -0.15) is 0 Å². The van der Waals surface area contributed by atoms with Gasteiger partial charge in [0.2, 0.25) is 0 Å². The fraction of sp³-hybridized carbons (Fsp3) is 0. The number of rotatable bonds is 0. The van der Waals surface area contributed by atoms with E-state index in [9.17, 15) is 4.91 Å². The van der Waals surface area contributed by atoms with Gasteiger partial charge >= 0.3 is 0 Å². The molecule has 4 nitrogen and oxygen atoms in total. The Labute approximate surface area is 46.4 Å². The van der Waals surface area contributed by atoms with E-state index in [1.54, 1.807) is 12.2 Å². The van der Waals surface area contributed by atoms with E-state index in [2.05, 4.69) is 10.9 Å². The van der Waals surface area contributed by atoms with E-state index in [4.69, 9.17) is 0 Å². The van der Waals surface area contributed by atoms with Crippen LogP contribution in [0.25, 0.3) is 0 Å². The van der Waals surface area contributed by atoms with Crippen molar-refractivity contribution in [2.45, 2.75) is 0 Å². The van der Waals surface area contributed by atoms with Gasteiger partial charge in [0.05, 0.1) is 17.3 Å². The van der Waals surface area contributed by atoms with E-state index in [0.717, 1.165) is 0 Å².